The number of hydrogen-bond acceptors (Lipinski definition) is 6. The van der Waals surface area contributed by atoms with Crippen LogP contribution in [0.5, 0.6) is 0 Å². The summed E-state index contributed by atoms with van der Waals surface area (Å²) in [7, 11) is 0. The highest BCUT2D eigenvalue weighted by atomic mass is 32.1. The molecule has 1 amide bonds. The van der Waals surface area contributed by atoms with E-state index >= 15 is 0 Å². The topological polar surface area (TPSA) is 70.8 Å². The molecule has 130 valence electrons. The van der Waals surface area contributed by atoms with Crippen LogP contribution in [0.3, 0.4) is 0 Å². The number of piperazine rings is 1. The lowest BCUT2D eigenvalue weighted by Gasteiger charge is -2.35. The van der Waals surface area contributed by atoms with E-state index in [2.05, 4.69) is 15.0 Å². The summed E-state index contributed by atoms with van der Waals surface area (Å²) in [4.78, 5) is 33.6. The number of nitrogens with zero attached hydrogens (tertiary/aromatic N) is 5. The molecule has 2 aromatic heterocycles. The van der Waals surface area contributed by atoms with Gasteiger partial charge in [-0.1, -0.05) is 32.1 Å². The average molecular weight is 349 g/mol. The molecule has 1 aliphatic rings. The molecule has 3 rings (SSSR count). The fourth-order valence-electron chi connectivity index (χ4n) is 2.84. The zero-order valence-electron chi connectivity index (χ0n) is 14.4. The molecular formula is C16H23N5O2S. The highest BCUT2D eigenvalue weighted by Gasteiger charge is 2.23. The minimum Gasteiger partial charge on any atom is -0.340 e. The highest BCUT2D eigenvalue weighted by molar-refractivity contribution is 7.16. The Morgan fingerprint density at radius 3 is 2.62 bits per heavy atom. The maximum Gasteiger partial charge on any atom is 0.275 e. The van der Waals surface area contributed by atoms with Crippen LogP contribution < -0.4 is 5.56 Å². The van der Waals surface area contributed by atoms with Gasteiger partial charge in [0.15, 0.2) is 0 Å². The predicted octanol–water partition coefficient (Wildman–Crippen LogP) is 1.01. The van der Waals surface area contributed by atoms with E-state index in [4.69, 9.17) is 0 Å². The Kier molecular flexibility index (Phi) is 4.96. The smallest absolute Gasteiger partial charge is 0.275 e. The van der Waals surface area contributed by atoms with Crippen LogP contribution in [0.2, 0.25) is 0 Å². The van der Waals surface area contributed by atoms with E-state index in [0.29, 0.717) is 11.5 Å². The second kappa shape index (κ2) is 6.98. The highest BCUT2D eigenvalue weighted by Crippen LogP contribution is 2.13. The largest absolute Gasteiger partial charge is 0.340 e. The molecule has 0 saturated carbocycles. The van der Waals surface area contributed by atoms with Crippen molar-refractivity contribution in [1.82, 2.24) is 24.4 Å². The zero-order valence-corrected chi connectivity index (χ0v) is 15.2. The first-order valence-corrected chi connectivity index (χ1v) is 9.19. The quantitative estimate of drug-likeness (QED) is 0.824. The van der Waals surface area contributed by atoms with Gasteiger partial charge in [0.1, 0.15) is 5.01 Å². The molecule has 1 fully saturated rings. The van der Waals surface area contributed by atoms with Gasteiger partial charge < -0.3 is 4.90 Å². The molecule has 0 aliphatic carbocycles. The molecule has 0 aromatic carbocycles. The molecule has 0 atom stereocenters. The van der Waals surface area contributed by atoms with Crippen molar-refractivity contribution in [2.24, 2.45) is 5.92 Å². The van der Waals surface area contributed by atoms with Crippen LogP contribution in [0.25, 0.3) is 4.96 Å². The van der Waals surface area contributed by atoms with Crippen molar-refractivity contribution in [1.29, 1.82) is 0 Å². The van der Waals surface area contributed by atoms with Crippen LogP contribution >= 0.6 is 11.3 Å². The number of aryl methyl sites for hydroxylation is 1. The van der Waals surface area contributed by atoms with Gasteiger partial charge in [0.05, 0.1) is 5.69 Å². The molecule has 0 N–H and O–H groups in total. The van der Waals surface area contributed by atoms with E-state index in [-0.39, 0.29) is 17.4 Å². The van der Waals surface area contributed by atoms with Crippen LogP contribution in [0.15, 0.2) is 10.9 Å². The Labute approximate surface area is 144 Å². The number of hydrogen-bond donors (Lipinski definition) is 0. The predicted molar refractivity (Wildman–Crippen MR) is 93.2 cm³/mol. The molecule has 0 unspecified atom stereocenters. The van der Waals surface area contributed by atoms with Crippen LogP contribution in [0, 0.1) is 5.92 Å². The Hall–Kier alpha value is -1.80. The maximum atomic E-state index is 12.2. The molecule has 1 saturated heterocycles. The summed E-state index contributed by atoms with van der Waals surface area (Å²) in [6.45, 7) is 9.60. The van der Waals surface area contributed by atoms with Crippen molar-refractivity contribution < 1.29 is 4.79 Å². The second-order valence-electron chi connectivity index (χ2n) is 6.39. The van der Waals surface area contributed by atoms with Gasteiger partial charge >= 0.3 is 0 Å². The van der Waals surface area contributed by atoms with Crippen molar-refractivity contribution in [3.05, 3.63) is 27.1 Å². The van der Waals surface area contributed by atoms with Crippen molar-refractivity contribution in [2.45, 2.75) is 33.7 Å². The van der Waals surface area contributed by atoms with Gasteiger partial charge in [-0.15, -0.1) is 0 Å². The van der Waals surface area contributed by atoms with E-state index in [1.165, 1.54) is 15.9 Å². The SMILES string of the molecule is CCc1nn2c(=O)cc(CN3CCN(C(=O)C(C)C)CC3)nc2s1. The van der Waals surface area contributed by atoms with Gasteiger partial charge in [0.2, 0.25) is 10.9 Å². The summed E-state index contributed by atoms with van der Waals surface area (Å²) in [6, 6.07) is 1.57. The Morgan fingerprint density at radius 1 is 1.29 bits per heavy atom. The zero-order chi connectivity index (χ0) is 17.3. The first-order valence-electron chi connectivity index (χ1n) is 8.37. The minimum atomic E-state index is -0.125. The van der Waals surface area contributed by atoms with E-state index in [1.807, 2.05) is 25.7 Å². The molecule has 1 aliphatic heterocycles. The van der Waals surface area contributed by atoms with Gasteiger partial charge in [-0.3, -0.25) is 14.5 Å². The summed E-state index contributed by atoms with van der Waals surface area (Å²) in [5.74, 6) is 0.254. The van der Waals surface area contributed by atoms with E-state index < -0.39 is 0 Å². The van der Waals surface area contributed by atoms with Crippen molar-refractivity contribution in [3.8, 4) is 0 Å². The lowest BCUT2D eigenvalue weighted by molar-refractivity contribution is -0.136. The van der Waals surface area contributed by atoms with E-state index in [0.717, 1.165) is 43.3 Å². The summed E-state index contributed by atoms with van der Waals surface area (Å²) in [6.07, 6.45) is 0.800. The number of amides is 1. The van der Waals surface area contributed by atoms with Gasteiger partial charge in [0, 0.05) is 44.7 Å². The fourth-order valence-corrected chi connectivity index (χ4v) is 3.70. The number of fused-ring (bicyclic) bond motifs is 1. The number of rotatable bonds is 4. The fraction of sp³-hybridized carbons (Fsp3) is 0.625. The van der Waals surface area contributed by atoms with Crippen LogP contribution in [0.1, 0.15) is 31.5 Å². The number of carbonyl (C=O) groups excluding carboxylic acids is 1. The second-order valence-corrected chi connectivity index (χ2v) is 7.43. The third kappa shape index (κ3) is 3.49. The van der Waals surface area contributed by atoms with Gasteiger partial charge in [-0.25, -0.2) is 4.98 Å². The van der Waals surface area contributed by atoms with Crippen LogP contribution in [0.4, 0.5) is 0 Å². The third-order valence-corrected chi connectivity index (χ3v) is 5.26. The lowest BCUT2D eigenvalue weighted by atomic mass is 10.1. The summed E-state index contributed by atoms with van der Waals surface area (Å²) < 4.78 is 1.38. The standard InChI is InChI=1S/C16H23N5O2S/c1-4-13-18-21-14(22)9-12(17-16(21)24-13)10-19-5-7-20(8-6-19)15(23)11(2)3/h9,11H,4-8,10H2,1-3H3. The summed E-state index contributed by atoms with van der Waals surface area (Å²) >= 11 is 1.46. The van der Waals surface area contributed by atoms with Crippen molar-refractivity contribution >= 4 is 22.2 Å². The monoisotopic (exact) mass is 349 g/mol. The molecule has 7 nitrogen and oxygen atoms in total. The van der Waals surface area contributed by atoms with Crippen LogP contribution in [-0.4, -0.2) is 56.5 Å². The molecule has 0 radical (unpaired) electrons. The van der Waals surface area contributed by atoms with E-state index in [1.54, 1.807) is 6.07 Å². The Balaban J connectivity index is 1.68. The van der Waals surface area contributed by atoms with Crippen molar-refractivity contribution in [2.75, 3.05) is 26.2 Å². The first kappa shape index (κ1) is 17.0. The third-order valence-electron chi connectivity index (χ3n) is 4.21. The minimum absolute atomic E-state index is 0.0414. The number of carbonyl (C=O) groups is 1. The molecule has 3 heterocycles. The summed E-state index contributed by atoms with van der Waals surface area (Å²) in [5, 5.41) is 5.18. The van der Waals surface area contributed by atoms with Gasteiger partial charge in [-0.2, -0.15) is 9.61 Å². The number of aromatic nitrogens is 3. The molecule has 0 bridgehead atoms. The normalized spacial score (nSPS) is 16.2. The average Bonchev–Trinajstić information content (AvgIpc) is 2.98. The lowest BCUT2D eigenvalue weighted by Crippen LogP contribution is -2.49. The van der Waals surface area contributed by atoms with E-state index in [9.17, 15) is 9.59 Å². The maximum absolute atomic E-state index is 12.2. The molecule has 0 spiro atoms. The molecule has 2 aromatic rings. The van der Waals surface area contributed by atoms with Gasteiger partial charge in [-0.05, 0) is 6.42 Å². The van der Waals surface area contributed by atoms with Gasteiger partial charge in [0.25, 0.3) is 5.56 Å². The molecule has 24 heavy (non-hydrogen) atoms. The molecular weight excluding hydrogens is 326 g/mol. The van der Waals surface area contributed by atoms with Crippen molar-refractivity contribution in [3.63, 3.8) is 0 Å². The summed E-state index contributed by atoms with van der Waals surface area (Å²) in [5.41, 5.74) is 0.648. The van der Waals surface area contributed by atoms with Crippen LogP contribution in [-0.2, 0) is 17.8 Å². The Bertz CT molecular complexity index is 789. The first-order chi connectivity index (χ1) is 11.5. The Morgan fingerprint density at radius 2 is 2.00 bits per heavy atom. The molecule has 8 heteroatoms.